The Morgan fingerprint density at radius 1 is 0.630 bits per heavy atom. The molecular formula is C25H44O2. The zero-order valence-electron chi connectivity index (χ0n) is 19.0. The fourth-order valence-corrected chi connectivity index (χ4v) is 9.74. The average Bonchev–Trinajstić information content (AvgIpc) is 2.89. The molecule has 2 heteroatoms. The summed E-state index contributed by atoms with van der Waals surface area (Å²) in [7, 11) is 0. The lowest BCUT2D eigenvalue weighted by Gasteiger charge is -2.53. The van der Waals surface area contributed by atoms with Gasteiger partial charge in [-0.15, -0.1) is 0 Å². The molecule has 4 fully saturated rings. The molecule has 1 spiro atoms. The van der Waals surface area contributed by atoms with Gasteiger partial charge in [0.25, 0.3) is 0 Å². The average molecular weight is 377 g/mol. The third-order valence-electron chi connectivity index (χ3n) is 10.4. The van der Waals surface area contributed by atoms with Crippen molar-refractivity contribution in [1.29, 1.82) is 0 Å². The quantitative estimate of drug-likeness (QED) is 0.596. The molecule has 0 aromatic heterocycles. The molecule has 0 aromatic rings. The van der Waals surface area contributed by atoms with Crippen LogP contribution < -0.4 is 0 Å². The van der Waals surface area contributed by atoms with Crippen LogP contribution in [-0.4, -0.2) is 22.4 Å². The van der Waals surface area contributed by atoms with E-state index in [1.807, 2.05) is 0 Å². The number of rotatable bonds is 0. The van der Waals surface area contributed by atoms with Gasteiger partial charge in [0, 0.05) is 0 Å². The van der Waals surface area contributed by atoms with E-state index in [1.165, 1.54) is 25.7 Å². The lowest BCUT2D eigenvalue weighted by atomic mass is 9.53. The topological polar surface area (TPSA) is 40.5 Å². The molecule has 0 heterocycles. The van der Waals surface area contributed by atoms with E-state index in [-0.39, 0.29) is 12.2 Å². The molecule has 0 saturated heterocycles. The predicted molar refractivity (Wildman–Crippen MR) is 111 cm³/mol. The third kappa shape index (κ3) is 2.57. The van der Waals surface area contributed by atoms with Crippen molar-refractivity contribution in [2.75, 3.05) is 0 Å². The van der Waals surface area contributed by atoms with Crippen LogP contribution in [0.2, 0.25) is 0 Å². The summed E-state index contributed by atoms with van der Waals surface area (Å²) in [6, 6.07) is 0. The summed E-state index contributed by atoms with van der Waals surface area (Å²) < 4.78 is 0. The van der Waals surface area contributed by atoms with Crippen LogP contribution in [0, 0.1) is 63.6 Å². The van der Waals surface area contributed by atoms with E-state index in [9.17, 15) is 10.2 Å². The van der Waals surface area contributed by atoms with Gasteiger partial charge in [-0.3, -0.25) is 0 Å². The first kappa shape index (κ1) is 20.2. The smallest absolute Gasteiger partial charge is 0.0594 e. The lowest BCUT2D eigenvalue weighted by Crippen LogP contribution is -2.51. The zero-order chi connectivity index (χ0) is 20.1. The predicted octanol–water partition coefficient (Wildman–Crippen LogP) is 5.37. The summed E-state index contributed by atoms with van der Waals surface area (Å²) in [5.41, 5.74) is 0.974. The highest BCUT2D eigenvalue weighted by molar-refractivity contribution is 5.19. The van der Waals surface area contributed by atoms with Crippen LogP contribution in [0.4, 0.5) is 0 Å². The number of fused-ring (bicyclic) bond motifs is 4. The number of hydrogen-bond acceptors (Lipinski definition) is 2. The molecular weight excluding hydrogens is 332 g/mol. The summed E-state index contributed by atoms with van der Waals surface area (Å²) in [6.07, 6.45) is 4.60. The van der Waals surface area contributed by atoms with Gasteiger partial charge in [0.2, 0.25) is 0 Å². The van der Waals surface area contributed by atoms with Crippen molar-refractivity contribution in [2.45, 2.75) is 93.3 Å². The minimum Gasteiger partial charge on any atom is -0.393 e. The minimum absolute atomic E-state index is 0.165. The second kappa shape index (κ2) is 5.97. The van der Waals surface area contributed by atoms with Crippen LogP contribution in [0.25, 0.3) is 0 Å². The van der Waals surface area contributed by atoms with E-state index in [0.717, 1.165) is 0 Å². The highest BCUT2D eigenvalue weighted by atomic mass is 16.3. The minimum atomic E-state index is -0.165. The summed E-state index contributed by atoms with van der Waals surface area (Å²) in [4.78, 5) is 0. The van der Waals surface area contributed by atoms with Crippen LogP contribution in [0.1, 0.15) is 81.1 Å². The van der Waals surface area contributed by atoms with Crippen molar-refractivity contribution in [3.8, 4) is 0 Å². The molecule has 4 aliphatic carbocycles. The normalized spacial score (nSPS) is 58.9. The molecule has 0 amide bonds. The molecule has 0 aromatic carbocycles. The SMILES string of the molecule is CC1CC2C(C(C)C1O)C1(CC2(C)C)CC(C)(C)C2CC(C)C(O)C(C)C21. The maximum absolute atomic E-state index is 11.0. The monoisotopic (exact) mass is 376 g/mol. The van der Waals surface area contributed by atoms with Gasteiger partial charge in [-0.1, -0.05) is 55.4 Å². The van der Waals surface area contributed by atoms with Crippen LogP contribution in [0.15, 0.2) is 0 Å². The maximum atomic E-state index is 11.0. The molecule has 156 valence electrons. The summed E-state index contributed by atoms with van der Waals surface area (Å²) in [5.74, 6) is 4.21. The van der Waals surface area contributed by atoms with Gasteiger partial charge >= 0.3 is 0 Å². The first-order valence-corrected chi connectivity index (χ1v) is 11.7. The number of aliphatic hydroxyl groups is 2. The molecule has 4 saturated carbocycles. The van der Waals surface area contributed by atoms with Gasteiger partial charge < -0.3 is 10.2 Å². The lowest BCUT2D eigenvalue weighted by molar-refractivity contribution is -0.107. The summed E-state index contributed by atoms with van der Waals surface area (Å²) in [5, 5.41) is 22.1. The van der Waals surface area contributed by atoms with E-state index in [0.29, 0.717) is 63.6 Å². The summed E-state index contributed by atoms with van der Waals surface area (Å²) in [6.45, 7) is 19.2. The van der Waals surface area contributed by atoms with E-state index >= 15 is 0 Å². The van der Waals surface area contributed by atoms with E-state index in [2.05, 4.69) is 55.4 Å². The molecule has 10 unspecified atom stereocenters. The third-order valence-corrected chi connectivity index (χ3v) is 10.4. The van der Waals surface area contributed by atoms with Crippen molar-refractivity contribution in [3.05, 3.63) is 0 Å². The van der Waals surface area contributed by atoms with Crippen molar-refractivity contribution in [1.82, 2.24) is 0 Å². The summed E-state index contributed by atoms with van der Waals surface area (Å²) >= 11 is 0. The van der Waals surface area contributed by atoms with E-state index in [1.54, 1.807) is 0 Å². The van der Waals surface area contributed by atoms with Crippen LogP contribution in [-0.2, 0) is 0 Å². The molecule has 10 atom stereocenters. The first-order chi connectivity index (χ1) is 12.3. The van der Waals surface area contributed by atoms with Gasteiger partial charge in [0.1, 0.15) is 0 Å². The maximum Gasteiger partial charge on any atom is 0.0594 e. The van der Waals surface area contributed by atoms with Gasteiger partial charge in [-0.05, 0) is 89.3 Å². The molecule has 27 heavy (non-hydrogen) atoms. The van der Waals surface area contributed by atoms with Crippen molar-refractivity contribution < 1.29 is 10.2 Å². The van der Waals surface area contributed by atoms with Crippen molar-refractivity contribution in [2.24, 2.45) is 63.6 Å². The van der Waals surface area contributed by atoms with Gasteiger partial charge in [-0.25, -0.2) is 0 Å². The first-order valence-electron chi connectivity index (χ1n) is 11.7. The van der Waals surface area contributed by atoms with Gasteiger partial charge in [-0.2, -0.15) is 0 Å². The Labute approximate surface area is 167 Å². The van der Waals surface area contributed by atoms with Crippen molar-refractivity contribution in [3.63, 3.8) is 0 Å². The van der Waals surface area contributed by atoms with Crippen LogP contribution in [0.5, 0.6) is 0 Å². The van der Waals surface area contributed by atoms with Crippen LogP contribution in [0.3, 0.4) is 0 Å². The molecule has 0 radical (unpaired) electrons. The van der Waals surface area contributed by atoms with Gasteiger partial charge in [0.15, 0.2) is 0 Å². The second-order valence-corrected chi connectivity index (χ2v) is 13.0. The Bertz CT molecular complexity index is 541. The molecule has 0 aliphatic heterocycles. The fourth-order valence-electron chi connectivity index (χ4n) is 9.74. The Hall–Kier alpha value is -0.0800. The Kier molecular flexibility index (Phi) is 4.47. The Morgan fingerprint density at radius 3 is 1.30 bits per heavy atom. The van der Waals surface area contributed by atoms with Crippen LogP contribution >= 0.6 is 0 Å². The fraction of sp³-hybridized carbons (Fsp3) is 1.00. The van der Waals surface area contributed by atoms with E-state index in [4.69, 9.17) is 0 Å². The highest BCUT2D eigenvalue weighted by Gasteiger charge is 2.71. The molecule has 4 rings (SSSR count). The molecule has 4 aliphatic rings. The Balaban J connectivity index is 1.83. The van der Waals surface area contributed by atoms with Gasteiger partial charge in [0.05, 0.1) is 12.2 Å². The largest absolute Gasteiger partial charge is 0.393 e. The molecule has 0 bridgehead atoms. The van der Waals surface area contributed by atoms with Crippen molar-refractivity contribution >= 4 is 0 Å². The number of aliphatic hydroxyl groups excluding tert-OH is 2. The number of hydrogen-bond donors (Lipinski definition) is 2. The zero-order valence-corrected chi connectivity index (χ0v) is 19.0. The van der Waals surface area contributed by atoms with E-state index < -0.39 is 0 Å². The molecule has 2 nitrogen and oxygen atoms in total. The highest BCUT2D eigenvalue weighted by Crippen LogP contribution is 2.76. The second-order valence-electron chi connectivity index (χ2n) is 13.0. The molecule has 2 N–H and O–H groups in total. The Morgan fingerprint density at radius 2 is 0.963 bits per heavy atom. The standard InChI is InChI=1S/C25H44O2/c1-13-9-17-19(15(3)21(13)26)25(11-23(17,5)6)12-24(7,8)18-10-14(2)22(27)16(4)20(18)25/h13-22,26-27H,9-12H2,1-8H3.